The third-order valence-corrected chi connectivity index (χ3v) is 2.90. The Labute approximate surface area is 110 Å². The number of rotatable bonds is 4. The van der Waals surface area contributed by atoms with Crippen molar-refractivity contribution in [3.63, 3.8) is 0 Å². The van der Waals surface area contributed by atoms with Crippen molar-refractivity contribution in [3.05, 3.63) is 29.3 Å². The van der Waals surface area contributed by atoms with Crippen LogP contribution in [0.2, 0.25) is 0 Å². The van der Waals surface area contributed by atoms with Crippen LogP contribution in [0.4, 0.5) is 13.2 Å². The first-order valence-electron chi connectivity index (χ1n) is 5.09. The topological polar surface area (TPSA) is 60.7 Å². The van der Waals surface area contributed by atoms with Crippen molar-refractivity contribution in [1.82, 2.24) is 0 Å². The minimum absolute atomic E-state index is 0.150. The highest BCUT2D eigenvalue weighted by atomic mass is 79.9. The van der Waals surface area contributed by atoms with Gasteiger partial charge in [0.1, 0.15) is 11.9 Å². The summed E-state index contributed by atoms with van der Waals surface area (Å²) in [5.74, 6) is -0.482. The van der Waals surface area contributed by atoms with Gasteiger partial charge >= 0.3 is 6.18 Å². The van der Waals surface area contributed by atoms with E-state index in [0.29, 0.717) is 17.5 Å². The summed E-state index contributed by atoms with van der Waals surface area (Å²) in [6, 6.07) is 2.20. The van der Waals surface area contributed by atoms with E-state index in [1.807, 2.05) is 0 Å². The van der Waals surface area contributed by atoms with Gasteiger partial charge in [0.15, 0.2) is 0 Å². The SMILES string of the molecule is Oc1ccc(C(F)(F)F)cc1C(O)C(O)CCBr. The maximum atomic E-state index is 12.5. The molecule has 2 atom stereocenters. The van der Waals surface area contributed by atoms with E-state index in [0.717, 1.165) is 6.07 Å². The summed E-state index contributed by atoms with van der Waals surface area (Å²) in [7, 11) is 0. The first-order valence-corrected chi connectivity index (χ1v) is 6.21. The predicted octanol–water partition coefficient (Wildman–Crippen LogP) is 2.59. The zero-order valence-electron chi connectivity index (χ0n) is 9.15. The highest BCUT2D eigenvalue weighted by Crippen LogP contribution is 2.35. The van der Waals surface area contributed by atoms with E-state index in [-0.39, 0.29) is 12.0 Å². The Kier molecular flexibility index (Phi) is 5.01. The van der Waals surface area contributed by atoms with Gasteiger partial charge in [-0.25, -0.2) is 0 Å². The zero-order valence-corrected chi connectivity index (χ0v) is 10.7. The van der Waals surface area contributed by atoms with Crippen molar-refractivity contribution in [2.45, 2.75) is 24.8 Å². The van der Waals surface area contributed by atoms with Crippen LogP contribution < -0.4 is 0 Å². The molecule has 7 heteroatoms. The molecule has 102 valence electrons. The lowest BCUT2D eigenvalue weighted by molar-refractivity contribution is -0.137. The summed E-state index contributed by atoms with van der Waals surface area (Å²) in [6.07, 6.45) is -7.23. The van der Waals surface area contributed by atoms with Crippen LogP contribution in [-0.2, 0) is 6.18 Å². The van der Waals surface area contributed by atoms with Crippen LogP contribution in [0.15, 0.2) is 18.2 Å². The van der Waals surface area contributed by atoms with Gasteiger partial charge in [-0.1, -0.05) is 15.9 Å². The van der Waals surface area contributed by atoms with Crippen molar-refractivity contribution < 1.29 is 28.5 Å². The van der Waals surface area contributed by atoms with E-state index < -0.39 is 29.7 Å². The van der Waals surface area contributed by atoms with Gasteiger partial charge in [0.2, 0.25) is 0 Å². The summed E-state index contributed by atoms with van der Waals surface area (Å²) in [5, 5.41) is 29.0. The number of hydrogen-bond acceptors (Lipinski definition) is 3. The Bertz CT molecular complexity index is 409. The zero-order chi connectivity index (χ0) is 13.9. The normalized spacial score (nSPS) is 15.4. The molecule has 18 heavy (non-hydrogen) atoms. The smallest absolute Gasteiger partial charge is 0.416 e. The summed E-state index contributed by atoms with van der Waals surface area (Å²) in [6.45, 7) is 0. The molecule has 0 fully saturated rings. The molecule has 0 saturated carbocycles. The number of phenols is 1. The number of aromatic hydroxyl groups is 1. The van der Waals surface area contributed by atoms with Gasteiger partial charge in [-0.05, 0) is 24.6 Å². The van der Waals surface area contributed by atoms with Crippen LogP contribution in [0.5, 0.6) is 5.75 Å². The monoisotopic (exact) mass is 328 g/mol. The van der Waals surface area contributed by atoms with E-state index >= 15 is 0 Å². The number of benzene rings is 1. The van der Waals surface area contributed by atoms with Gasteiger partial charge in [0, 0.05) is 10.9 Å². The minimum atomic E-state index is -4.57. The van der Waals surface area contributed by atoms with Crippen molar-refractivity contribution in [2.24, 2.45) is 0 Å². The van der Waals surface area contributed by atoms with Crippen molar-refractivity contribution in [2.75, 3.05) is 5.33 Å². The fraction of sp³-hybridized carbons (Fsp3) is 0.455. The van der Waals surface area contributed by atoms with Crippen LogP contribution in [0.3, 0.4) is 0 Å². The molecule has 0 radical (unpaired) electrons. The highest BCUT2D eigenvalue weighted by Gasteiger charge is 2.32. The van der Waals surface area contributed by atoms with E-state index in [1.165, 1.54) is 0 Å². The lowest BCUT2D eigenvalue weighted by Crippen LogP contribution is -2.19. The molecule has 1 rings (SSSR count). The van der Waals surface area contributed by atoms with Gasteiger partial charge in [0.25, 0.3) is 0 Å². The van der Waals surface area contributed by atoms with Gasteiger partial charge in [0.05, 0.1) is 11.7 Å². The van der Waals surface area contributed by atoms with Crippen LogP contribution >= 0.6 is 15.9 Å². The van der Waals surface area contributed by atoms with Gasteiger partial charge in [-0.3, -0.25) is 0 Å². The third-order valence-electron chi connectivity index (χ3n) is 2.44. The number of aliphatic hydroxyl groups excluding tert-OH is 2. The van der Waals surface area contributed by atoms with Crippen molar-refractivity contribution in [1.29, 1.82) is 0 Å². The number of aliphatic hydroxyl groups is 2. The second kappa shape index (κ2) is 5.90. The fourth-order valence-electron chi connectivity index (χ4n) is 1.44. The summed E-state index contributed by atoms with van der Waals surface area (Å²) in [4.78, 5) is 0. The summed E-state index contributed by atoms with van der Waals surface area (Å²) >= 11 is 3.04. The summed E-state index contributed by atoms with van der Waals surface area (Å²) in [5.41, 5.74) is -1.32. The molecule has 0 aliphatic heterocycles. The van der Waals surface area contributed by atoms with Gasteiger partial charge in [-0.2, -0.15) is 13.2 Å². The lowest BCUT2D eigenvalue weighted by Gasteiger charge is -2.19. The maximum Gasteiger partial charge on any atom is 0.416 e. The molecule has 0 heterocycles. The van der Waals surface area contributed by atoms with Gasteiger partial charge < -0.3 is 15.3 Å². The Hall–Kier alpha value is -0.790. The average molecular weight is 329 g/mol. The molecule has 3 N–H and O–H groups in total. The Balaban J connectivity index is 3.08. The predicted molar refractivity (Wildman–Crippen MR) is 62.5 cm³/mol. The number of halogens is 4. The van der Waals surface area contributed by atoms with E-state index in [2.05, 4.69) is 15.9 Å². The Morgan fingerprint density at radius 1 is 1.22 bits per heavy atom. The molecule has 0 bridgehead atoms. The molecule has 0 aliphatic carbocycles. The minimum Gasteiger partial charge on any atom is -0.508 e. The van der Waals surface area contributed by atoms with Crippen LogP contribution in [0, 0.1) is 0 Å². The molecule has 0 aliphatic rings. The Morgan fingerprint density at radius 3 is 2.33 bits per heavy atom. The van der Waals surface area contributed by atoms with Crippen LogP contribution in [-0.4, -0.2) is 26.8 Å². The fourth-order valence-corrected chi connectivity index (χ4v) is 1.91. The molecule has 3 nitrogen and oxygen atoms in total. The number of hydrogen-bond donors (Lipinski definition) is 3. The molecule has 2 unspecified atom stereocenters. The second-order valence-electron chi connectivity index (χ2n) is 3.76. The van der Waals surface area contributed by atoms with E-state index in [1.54, 1.807) is 0 Å². The molecule has 0 saturated heterocycles. The first-order chi connectivity index (χ1) is 8.27. The molecule has 0 amide bonds. The lowest BCUT2D eigenvalue weighted by atomic mass is 9.99. The maximum absolute atomic E-state index is 12.5. The largest absolute Gasteiger partial charge is 0.508 e. The first kappa shape index (κ1) is 15.3. The van der Waals surface area contributed by atoms with Crippen molar-refractivity contribution in [3.8, 4) is 5.75 Å². The Morgan fingerprint density at radius 2 is 1.83 bits per heavy atom. The quantitative estimate of drug-likeness (QED) is 0.744. The standard InChI is InChI=1S/C11H12BrF3O3/c12-4-3-9(17)10(18)7-5-6(11(13,14)15)1-2-8(7)16/h1-2,5,9-10,16-18H,3-4H2. The molecule has 0 spiro atoms. The second-order valence-corrected chi connectivity index (χ2v) is 4.55. The van der Waals surface area contributed by atoms with Crippen LogP contribution in [0.1, 0.15) is 23.7 Å². The molecular formula is C11H12BrF3O3. The van der Waals surface area contributed by atoms with Crippen molar-refractivity contribution >= 4 is 15.9 Å². The van der Waals surface area contributed by atoms with Gasteiger partial charge in [-0.15, -0.1) is 0 Å². The third kappa shape index (κ3) is 3.60. The number of alkyl halides is 4. The molecule has 1 aromatic carbocycles. The van der Waals surface area contributed by atoms with Crippen LogP contribution in [0.25, 0.3) is 0 Å². The molecular weight excluding hydrogens is 317 g/mol. The number of phenolic OH excluding ortho intramolecular Hbond substituents is 1. The highest BCUT2D eigenvalue weighted by molar-refractivity contribution is 9.09. The molecule has 1 aromatic rings. The van der Waals surface area contributed by atoms with E-state index in [4.69, 9.17) is 0 Å². The van der Waals surface area contributed by atoms with E-state index in [9.17, 15) is 28.5 Å². The summed E-state index contributed by atoms with van der Waals surface area (Å²) < 4.78 is 37.4. The molecule has 0 aromatic heterocycles. The average Bonchev–Trinajstić information content (AvgIpc) is 2.27.